The molecule has 0 saturated carbocycles. The molecule has 2 N–H and O–H groups in total. The second-order valence-electron chi connectivity index (χ2n) is 9.73. The van der Waals surface area contributed by atoms with Crippen LogP contribution in [0.15, 0.2) is 48.5 Å². The van der Waals surface area contributed by atoms with Crippen LogP contribution < -0.4 is 5.32 Å². The van der Waals surface area contributed by atoms with Crippen molar-refractivity contribution in [1.82, 2.24) is 15.2 Å². The average molecular weight is 464 g/mol. The molecule has 5 nitrogen and oxygen atoms in total. The summed E-state index contributed by atoms with van der Waals surface area (Å²) in [5.74, 6) is 0.326. The molecule has 2 amide bonds. The first-order valence-corrected chi connectivity index (χ1v) is 12.3. The van der Waals surface area contributed by atoms with Crippen molar-refractivity contribution < 1.29 is 14.0 Å². The lowest BCUT2D eigenvalue weighted by Crippen LogP contribution is -2.45. The van der Waals surface area contributed by atoms with Crippen LogP contribution in [-0.4, -0.2) is 40.8 Å². The molecule has 0 aliphatic carbocycles. The highest BCUT2D eigenvalue weighted by Crippen LogP contribution is 2.32. The van der Waals surface area contributed by atoms with Crippen molar-refractivity contribution in [1.29, 1.82) is 0 Å². The minimum Gasteiger partial charge on any atom is -0.354 e. The van der Waals surface area contributed by atoms with Gasteiger partial charge >= 0.3 is 0 Å². The largest absolute Gasteiger partial charge is 0.354 e. The number of aromatic amines is 1. The van der Waals surface area contributed by atoms with E-state index in [0.717, 1.165) is 27.7 Å². The maximum Gasteiger partial charge on any atom is 0.223 e. The number of hydrogen-bond acceptors (Lipinski definition) is 2. The molecule has 1 aromatic heterocycles. The number of rotatable bonds is 7. The van der Waals surface area contributed by atoms with Gasteiger partial charge in [0, 0.05) is 48.1 Å². The Kier molecular flexibility index (Phi) is 7.35. The van der Waals surface area contributed by atoms with Gasteiger partial charge in [-0.1, -0.05) is 32.0 Å². The molecule has 6 heteroatoms. The molecule has 1 fully saturated rings. The van der Waals surface area contributed by atoms with Gasteiger partial charge in [-0.15, -0.1) is 0 Å². The van der Waals surface area contributed by atoms with Crippen molar-refractivity contribution in [2.75, 3.05) is 13.1 Å². The fourth-order valence-corrected chi connectivity index (χ4v) is 4.61. The molecule has 2 aromatic carbocycles. The number of likely N-dealkylation sites (tertiary alicyclic amines) is 1. The summed E-state index contributed by atoms with van der Waals surface area (Å²) in [6.45, 7) is 7.46. The first-order valence-electron chi connectivity index (χ1n) is 12.3. The van der Waals surface area contributed by atoms with Crippen LogP contribution >= 0.6 is 0 Å². The molecule has 0 radical (unpaired) electrons. The standard InChI is InChI=1S/C28H34FN3O2/c1-18(2)19(3)30-28(34)21-14-16-32(17-15-21)26(33)13-12-24-23-6-4-5-7-25(23)31-27(24)20-8-10-22(29)11-9-20/h4-11,18-19,21,31H,12-17H2,1-3H3,(H,30,34). The summed E-state index contributed by atoms with van der Waals surface area (Å²) in [7, 11) is 0. The van der Waals surface area contributed by atoms with Gasteiger partial charge in [-0.3, -0.25) is 9.59 Å². The molecule has 1 atom stereocenters. The van der Waals surface area contributed by atoms with Crippen LogP contribution in [0.3, 0.4) is 0 Å². The Morgan fingerprint density at radius 3 is 2.41 bits per heavy atom. The SMILES string of the molecule is CC(C)C(C)NC(=O)C1CCN(C(=O)CCc2c(-c3ccc(F)cc3)[nH]c3ccccc23)CC1. The average Bonchev–Trinajstić information content (AvgIpc) is 3.21. The lowest BCUT2D eigenvalue weighted by atomic mass is 9.94. The molecule has 1 aliphatic heterocycles. The quantitative estimate of drug-likeness (QED) is 0.499. The number of carbonyl (C=O) groups excluding carboxylic acids is 2. The van der Waals surface area contributed by atoms with E-state index in [9.17, 15) is 14.0 Å². The van der Waals surface area contributed by atoms with Gasteiger partial charge in [0.1, 0.15) is 5.82 Å². The highest BCUT2D eigenvalue weighted by atomic mass is 19.1. The van der Waals surface area contributed by atoms with Crippen LogP contribution in [0.5, 0.6) is 0 Å². The number of amides is 2. The van der Waals surface area contributed by atoms with Gasteiger partial charge in [-0.25, -0.2) is 4.39 Å². The Bertz CT molecular complexity index is 1140. The van der Waals surface area contributed by atoms with Crippen molar-refractivity contribution in [3.05, 3.63) is 59.9 Å². The van der Waals surface area contributed by atoms with E-state index in [4.69, 9.17) is 0 Å². The maximum absolute atomic E-state index is 13.5. The highest BCUT2D eigenvalue weighted by molar-refractivity contribution is 5.91. The zero-order valence-corrected chi connectivity index (χ0v) is 20.2. The number of nitrogens with one attached hydrogen (secondary N) is 2. The highest BCUT2D eigenvalue weighted by Gasteiger charge is 2.28. The summed E-state index contributed by atoms with van der Waals surface area (Å²) in [6.07, 6.45) is 2.41. The smallest absolute Gasteiger partial charge is 0.223 e. The molecular weight excluding hydrogens is 429 g/mol. The second kappa shape index (κ2) is 10.4. The number of halogens is 1. The Labute approximate surface area is 200 Å². The van der Waals surface area contributed by atoms with Gasteiger partial charge in [0.2, 0.25) is 11.8 Å². The summed E-state index contributed by atoms with van der Waals surface area (Å²) >= 11 is 0. The van der Waals surface area contributed by atoms with E-state index in [1.165, 1.54) is 12.1 Å². The first-order chi connectivity index (χ1) is 16.3. The van der Waals surface area contributed by atoms with E-state index >= 15 is 0 Å². The van der Waals surface area contributed by atoms with Crippen molar-refractivity contribution in [3.63, 3.8) is 0 Å². The zero-order chi connectivity index (χ0) is 24.2. The van der Waals surface area contributed by atoms with E-state index < -0.39 is 0 Å². The number of carbonyl (C=O) groups is 2. The fraction of sp³-hybridized carbons (Fsp3) is 0.429. The van der Waals surface area contributed by atoms with E-state index in [1.54, 1.807) is 12.1 Å². The molecule has 34 heavy (non-hydrogen) atoms. The summed E-state index contributed by atoms with van der Waals surface area (Å²) < 4.78 is 13.5. The Hall–Kier alpha value is -3.15. The number of fused-ring (bicyclic) bond motifs is 1. The lowest BCUT2D eigenvalue weighted by Gasteiger charge is -2.32. The van der Waals surface area contributed by atoms with E-state index in [0.29, 0.717) is 44.7 Å². The molecule has 180 valence electrons. The number of nitrogens with zero attached hydrogens (tertiary/aromatic N) is 1. The van der Waals surface area contributed by atoms with Crippen LogP contribution in [0.2, 0.25) is 0 Å². The third-order valence-corrected chi connectivity index (χ3v) is 7.12. The van der Waals surface area contributed by atoms with Crippen molar-refractivity contribution >= 4 is 22.7 Å². The first kappa shape index (κ1) is 24.0. The number of para-hydroxylation sites is 1. The number of H-pyrrole nitrogens is 1. The lowest BCUT2D eigenvalue weighted by molar-refractivity contribution is -0.135. The molecule has 4 rings (SSSR count). The van der Waals surface area contributed by atoms with Crippen LogP contribution in [0.1, 0.15) is 45.6 Å². The Morgan fingerprint density at radius 1 is 1.06 bits per heavy atom. The van der Waals surface area contributed by atoms with Crippen LogP contribution in [0.25, 0.3) is 22.2 Å². The van der Waals surface area contributed by atoms with Crippen molar-refractivity contribution in [2.45, 2.75) is 52.5 Å². The molecule has 2 heterocycles. The Morgan fingerprint density at radius 2 is 1.74 bits per heavy atom. The van der Waals surface area contributed by atoms with Gasteiger partial charge in [0.05, 0.1) is 0 Å². The molecule has 0 spiro atoms. The monoisotopic (exact) mass is 463 g/mol. The van der Waals surface area contributed by atoms with Gasteiger partial charge < -0.3 is 15.2 Å². The minimum atomic E-state index is -0.271. The normalized spacial score (nSPS) is 15.6. The summed E-state index contributed by atoms with van der Waals surface area (Å²) in [4.78, 5) is 30.9. The van der Waals surface area contributed by atoms with E-state index in [-0.39, 0.29) is 29.6 Å². The van der Waals surface area contributed by atoms with Gasteiger partial charge in [-0.2, -0.15) is 0 Å². The number of piperidine rings is 1. The van der Waals surface area contributed by atoms with Gasteiger partial charge in [0.25, 0.3) is 0 Å². The number of aromatic nitrogens is 1. The Balaban J connectivity index is 1.40. The fourth-order valence-electron chi connectivity index (χ4n) is 4.61. The molecule has 1 unspecified atom stereocenters. The van der Waals surface area contributed by atoms with Crippen LogP contribution in [0.4, 0.5) is 4.39 Å². The summed E-state index contributed by atoms with van der Waals surface area (Å²) in [5.41, 5.74) is 3.92. The van der Waals surface area contributed by atoms with Crippen LogP contribution in [-0.2, 0) is 16.0 Å². The molecule has 1 saturated heterocycles. The number of aryl methyl sites for hydroxylation is 1. The number of hydrogen-bond donors (Lipinski definition) is 2. The predicted molar refractivity (Wildman–Crippen MR) is 134 cm³/mol. The van der Waals surface area contributed by atoms with Crippen LogP contribution in [0, 0.1) is 17.7 Å². The predicted octanol–water partition coefficient (Wildman–Crippen LogP) is 5.31. The zero-order valence-electron chi connectivity index (χ0n) is 20.2. The summed E-state index contributed by atoms with van der Waals surface area (Å²) in [6, 6.07) is 14.6. The maximum atomic E-state index is 13.5. The third kappa shape index (κ3) is 5.32. The van der Waals surface area contributed by atoms with E-state index in [2.05, 4.69) is 30.2 Å². The van der Waals surface area contributed by atoms with E-state index in [1.807, 2.05) is 30.0 Å². The third-order valence-electron chi connectivity index (χ3n) is 7.12. The molecule has 3 aromatic rings. The number of benzene rings is 2. The molecular formula is C28H34FN3O2. The van der Waals surface area contributed by atoms with Gasteiger partial charge in [0.15, 0.2) is 0 Å². The molecule has 1 aliphatic rings. The molecule has 0 bridgehead atoms. The minimum absolute atomic E-state index is 0.0241. The topological polar surface area (TPSA) is 65.2 Å². The second-order valence-corrected chi connectivity index (χ2v) is 9.73. The van der Waals surface area contributed by atoms with Gasteiger partial charge in [-0.05, 0) is 73.6 Å². The van der Waals surface area contributed by atoms with Crippen molar-refractivity contribution in [3.8, 4) is 11.3 Å². The summed E-state index contributed by atoms with van der Waals surface area (Å²) in [5, 5.41) is 4.20. The van der Waals surface area contributed by atoms with Crippen molar-refractivity contribution in [2.24, 2.45) is 11.8 Å².